The van der Waals surface area contributed by atoms with E-state index >= 15 is 0 Å². The number of carbonyl (C=O) groups is 1. The van der Waals surface area contributed by atoms with Gasteiger partial charge in [0.25, 0.3) is 0 Å². The molecule has 0 saturated carbocycles. The van der Waals surface area contributed by atoms with Gasteiger partial charge in [-0.2, -0.15) is 0 Å². The average molecular weight is 256 g/mol. The fourth-order valence-electron chi connectivity index (χ4n) is 1.97. The van der Waals surface area contributed by atoms with Crippen molar-refractivity contribution in [3.8, 4) is 11.1 Å². The van der Waals surface area contributed by atoms with Crippen LogP contribution in [0, 0.1) is 0 Å². The normalized spacial score (nSPS) is 12.1. The lowest BCUT2D eigenvalue weighted by Crippen LogP contribution is -2.20. The molecule has 0 aliphatic rings. The standard InChI is InChI=1S/C15H16N2O2/c16-9-14(17)11-7-5-10(6-8-11)12-3-1-2-4-13(12)15(18)19/h1-8,14H,9,16-17H2,(H,18,19). The van der Waals surface area contributed by atoms with Crippen molar-refractivity contribution >= 4 is 5.97 Å². The van der Waals surface area contributed by atoms with Crippen LogP contribution in [0.1, 0.15) is 22.0 Å². The molecule has 19 heavy (non-hydrogen) atoms. The van der Waals surface area contributed by atoms with Gasteiger partial charge in [-0.3, -0.25) is 0 Å². The summed E-state index contributed by atoms with van der Waals surface area (Å²) in [5.74, 6) is -0.932. The second-order valence-corrected chi connectivity index (χ2v) is 4.31. The quantitative estimate of drug-likeness (QED) is 0.780. The first-order chi connectivity index (χ1) is 9.13. The Balaban J connectivity index is 2.40. The van der Waals surface area contributed by atoms with Crippen LogP contribution in [0.5, 0.6) is 0 Å². The summed E-state index contributed by atoms with van der Waals surface area (Å²) in [6.45, 7) is 0.380. The van der Waals surface area contributed by atoms with Gasteiger partial charge in [-0.15, -0.1) is 0 Å². The van der Waals surface area contributed by atoms with Crippen molar-refractivity contribution in [1.29, 1.82) is 0 Å². The Labute approximate surface area is 111 Å². The van der Waals surface area contributed by atoms with Gasteiger partial charge in [0.2, 0.25) is 0 Å². The zero-order valence-electron chi connectivity index (χ0n) is 10.4. The molecule has 0 aromatic heterocycles. The maximum absolute atomic E-state index is 11.2. The van der Waals surface area contributed by atoms with Crippen LogP contribution in [-0.4, -0.2) is 17.6 Å². The maximum atomic E-state index is 11.2. The Morgan fingerprint density at radius 3 is 2.32 bits per heavy atom. The van der Waals surface area contributed by atoms with E-state index in [1.807, 2.05) is 30.3 Å². The first-order valence-electron chi connectivity index (χ1n) is 6.01. The van der Waals surface area contributed by atoms with Gasteiger partial charge in [0.1, 0.15) is 0 Å². The van der Waals surface area contributed by atoms with Crippen LogP contribution in [0.3, 0.4) is 0 Å². The smallest absolute Gasteiger partial charge is 0.336 e. The van der Waals surface area contributed by atoms with E-state index in [0.29, 0.717) is 17.7 Å². The van der Waals surface area contributed by atoms with Gasteiger partial charge in [0.15, 0.2) is 0 Å². The fourth-order valence-corrected chi connectivity index (χ4v) is 1.97. The molecule has 2 rings (SSSR count). The van der Waals surface area contributed by atoms with Crippen molar-refractivity contribution < 1.29 is 9.90 Å². The van der Waals surface area contributed by atoms with Crippen molar-refractivity contribution in [2.75, 3.05) is 6.54 Å². The number of nitrogens with two attached hydrogens (primary N) is 2. The molecule has 0 spiro atoms. The monoisotopic (exact) mass is 256 g/mol. The van der Waals surface area contributed by atoms with E-state index in [1.54, 1.807) is 18.2 Å². The number of carboxylic acid groups (broad SMARTS) is 1. The molecule has 4 heteroatoms. The summed E-state index contributed by atoms with van der Waals surface area (Å²) in [7, 11) is 0. The minimum absolute atomic E-state index is 0.191. The van der Waals surface area contributed by atoms with Crippen molar-refractivity contribution in [3.05, 3.63) is 59.7 Å². The van der Waals surface area contributed by atoms with Gasteiger partial charge < -0.3 is 16.6 Å². The Morgan fingerprint density at radius 2 is 1.74 bits per heavy atom. The topological polar surface area (TPSA) is 89.3 Å². The first kappa shape index (κ1) is 13.3. The molecule has 1 atom stereocenters. The molecular weight excluding hydrogens is 240 g/mol. The predicted molar refractivity (Wildman–Crippen MR) is 74.8 cm³/mol. The third-order valence-electron chi connectivity index (χ3n) is 3.06. The SMILES string of the molecule is NCC(N)c1ccc(-c2ccccc2C(=O)O)cc1. The van der Waals surface area contributed by atoms with Crippen molar-refractivity contribution in [2.24, 2.45) is 11.5 Å². The van der Waals surface area contributed by atoms with Crippen LogP contribution in [0.15, 0.2) is 48.5 Å². The lowest BCUT2D eigenvalue weighted by atomic mass is 9.97. The Hall–Kier alpha value is -2.17. The molecule has 2 aromatic carbocycles. The van der Waals surface area contributed by atoms with Crippen LogP contribution in [0.25, 0.3) is 11.1 Å². The average Bonchev–Trinajstić information content (AvgIpc) is 2.46. The molecule has 0 amide bonds. The zero-order chi connectivity index (χ0) is 13.8. The molecular formula is C15H16N2O2. The van der Waals surface area contributed by atoms with Gasteiger partial charge in [-0.1, -0.05) is 42.5 Å². The van der Waals surface area contributed by atoms with E-state index in [0.717, 1.165) is 11.1 Å². The maximum Gasteiger partial charge on any atom is 0.336 e. The van der Waals surface area contributed by atoms with Gasteiger partial charge >= 0.3 is 5.97 Å². The highest BCUT2D eigenvalue weighted by Crippen LogP contribution is 2.25. The van der Waals surface area contributed by atoms with Gasteiger partial charge in [-0.05, 0) is 22.8 Å². The third kappa shape index (κ3) is 2.81. The largest absolute Gasteiger partial charge is 0.478 e. The molecule has 1 unspecified atom stereocenters. The summed E-state index contributed by atoms with van der Waals surface area (Å²) in [4.78, 5) is 11.2. The molecule has 5 N–H and O–H groups in total. The fraction of sp³-hybridized carbons (Fsp3) is 0.133. The van der Waals surface area contributed by atoms with Crippen LogP contribution in [0.4, 0.5) is 0 Å². The number of aromatic carboxylic acids is 1. The summed E-state index contributed by atoms with van der Waals surface area (Å²) in [5, 5.41) is 9.17. The van der Waals surface area contributed by atoms with Crippen LogP contribution in [-0.2, 0) is 0 Å². The van der Waals surface area contributed by atoms with Crippen molar-refractivity contribution in [1.82, 2.24) is 0 Å². The number of hydrogen-bond acceptors (Lipinski definition) is 3. The van der Waals surface area contributed by atoms with Gasteiger partial charge in [0.05, 0.1) is 5.56 Å². The number of benzene rings is 2. The highest BCUT2D eigenvalue weighted by atomic mass is 16.4. The predicted octanol–water partition coefficient (Wildman–Crippen LogP) is 2.01. The van der Waals surface area contributed by atoms with Crippen LogP contribution >= 0.6 is 0 Å². The Kier molecular flexibility index (Phi) is 3.94. The Bertz CT molecular complexity index is 579. The highest BCUT2D eigenvalue weighted by molar-refractivity contribution is 5.95. The minimum Gasteiger partial charge on any atom is -0.478 e. The molecule has 0 saturated heterocycles. The second kappa shape index (κ2) is 5.65. The van der Waals surface area contributed by atoms with Crippen molar-refractivity contribution in [3.63, 3.8) is 0 Å². The second-order valence-electron chi connectivity index (χ2n) is 4.31. The number of rotatable bonds is 4. The van der Waals surface area contributed by atoms with E-state index in [1.165, 1.54) is 0 Å². The lowest BCUT2D eigenvalue weighted by Gasteiger charge is -2.11. The molecule has 98 valence electrons. The van der Waals surface area contributed by atoms with E-state index in [-0.39, 0.29) is 6.04 Å². The summed E-state index contributed by atoms with van der Waals surface area (Å²) in [6.07, 6.45) is 0. The summed E-state index contributed by atoms with van der Waals surface area (Å²) in [5.41, 5.74) is 14.1. The van der Waals surface area contributed by atoms with E-state index < -0.39 is 5.97 Å². The van der Waals surface area contributed by atoms with E-state index in [2.05, 4.69) is 0 Å². The summed E-state index contributed by atoms with van der Waals surface area (Å²) >= 11 is 0. The molecule has 0 aliphatic carbocycles. The molecule has 4 nitrogen and oxygen atoms in total. The van der Waals surface area contributed by atoms with E-state index in [4.69, 9.17) is 11.5 Å². The summed E-state index contributed by atoms with van der Waals surface area (Å²) in [6, 6.07) is 14.2. The zero-order valence-corrected chi connectivity index (χ0v) is 10.4. The molecule has 2 aromatic rings. The molecule has 0 radical (unpaired) electrons. The third-order valence-corrected chi connectivity index (χ3v) is 3.06. The van der Waals surface area contributed by atoms with Gasteiger partial charge in [-0.25, -0.2) is 4.79 Å². The van der Waals surface area contributed by atoms with E-state index in [9.17, 15) is 9.90 Å². The molecule has 0 aliphatic heterocycles. The first-order valence-corrected chi connectivity index (χ1v) is 6.01. The molecule has 0 bridgehead atoms. The summed E-state index contributed by atoms with van der Waals surface area (Å²) < 4.78 is 0. The molecule has 0 heterocycles. The van der Waals surface area contributed by atoms with Gasteiger partial charge in [0, 0.05) is 12.6 Å². The highest BCUT2D eigenvalue weighted by Gasteiger charge is 2.11. The molecule has 0 fully saturated rings. The lowest BCUT2D eigenvalue weighted by molar-refractivity contribution is 0.0697. The van der Waals surface area contributed by atoms with Crippen LogP contribution in [0.2, 0.25) is 0 Å². The number of carboxylic acids is 1. The Morgan fingerprint density at radius 1 is 1.11 bits per heavy atom. The van der Waals surface area contributed by atoms with Crippen LogP contribution < -0.4 is 11.5 Å². The minimum atomic E-state index is -0.932. The van der Waals surface area contributed by atoms with Crippen molar-refractivity contribution in [2.45, 2.75) is 6.04 Å². The number of hydrogen-bond donors (Lipinski definition) is 3.